The fourth-order valence-corrected chi connectivity index (χ4v) is 3.30. The highest BCUT2D eigenvalue weighted by atomic mass is 32.2. The first kappa shape index (κ1) is 18.2. The highest BCUT2D eigenvalue weighted by Gasteiger charge is 2.11. The summed E-state index contributed by atoms with van der Waals surface area (Å²) in [5.41, 5.74) is 2.07. The molecule has 3 N–H and O–H groups in total. The molecule has 0 aliphatic carbocycles. The summed E-state index contributed by atoms with van der Waals surface area (Å²) in [6.07, 6.45) is 0. The molecule has 0 unspecified atom stereocenters. The minimum Gasteiger partial charge on any atom is -0.336 e. The van der Waals surface area contributed by atoms with Crippen LogP contribution < -0.4 is 16.0 Å². The van der Waals surface area contributed by atoms with E-state index in [0.717, 1.165) is 11.3 Å². The summed E-state index contributed by atoms with van der Waals surface area (Å²) in [4.78, 5) is 23.1. The number of hydrogen-bond donors (Lipinski definition) is 3. The van der Waals surface area contributed by atoms with Crippen molar-refractivity contribution >= 4 is 45.9 Å². The minimum atomic E-state index is -0.491. The van der Waals surface area contributed by atoms with Crippen LogP contribution in [0.5, 0.6) is 0 Å². The zero-order chi connectivity index (χ0) is 17.5. The van der Waals surface area contributed by atoms with E-state index >= 15 is 0 Å². The van der Waals surface area contributed by atoms with Crippen molar-refractivity contribution in [2.45, 2.75) is 31.2 Å². The molecule has 1 aromatic heterocycles. The van der Waals surface area contributed by atoms with E-state index in [2.05, 4.69) is 26.1 Å². The fraction of sp³-hybridized carbons (Fsp3) is 0.333. The van der Waals surface area contributed by atoms with E-state index in [1.807, 2.05) is 45.0 Å². The number of carbonyl (C=O) groups excluding carboxylic acids is 2. The van der Waals surface area contributed by atoms with E-state index in [9.17, 15) is 9.59 Å². The number of urea groups is 1. The van der Waals surface area contributed by atoms with Crippen molar-refractivity contribution < 1.29 is 9.59 Å². The molecule has 128 valence electrons. The second-order valence-corrected chi connectivity index (χ2v) is 7.48. The van der Waals surface area contributed by atoms with Gasteiger partial charge in [0, 0.05) is 11.7 Å². The van der Waals surface area contributed by atoms with E-state index < -0.39 is 6.03 Å². The molecule has 9 heteroatoms. The Hall–Kier alpha value is -2.13. The van der Waals surface area contributed by atoms with Crippen LogP contribution in [-0.2, 0) is 4.79 Å². The highest BCUT2D eigenvalue weighted by molar-refractivity contribution is 8.01. The fourth-order valence-electron chi connectivity index (χ4n) is 1.74. The number of benzene rings is 1. The second kappa shape index (κ2) is 8.65. The quantitative estimate of drug-likeness (QED) is 0.681. The maximum atomic E-state index is 11.7. The molecular weight excluding hydrogens is 346 g/mol. The number of imide groups is 1. The molecule has 0 aliphatic heterocycles. The second-order valence-electron chi connectivity index (χ2n) is 5.28. The van der Waals surface area contributed by atoms with Crippen LogP contribution in [0, 0.1) is 6.92 Å². The molecule has 0 bridgehead atoms. The van der Waals surface area contributed by atoms with Crippen LogP contribution in [0.2, 0.25) is 0 Å². The van der Waals surface area contributed by atoms with Gasteiger partial charge in [0.1, 0.15) is 0 Å². The number of aryl methyl sites for hydroxylation is 1. The first-order chi connectivity index (χ1) is 11.4. The third-order valence-electron chi connectivity index (χ3n) is 2.79. The first-order valence-electron chi connectivity index (χ1n) is 7.33. The van der Waals surface area contributed by atoms with Crippen molar-refractivity contribution in [1.29, 1.82) is 0 Å². The van der Waals surface area contributed by atoms with Gasteiger partial charge in [-0.05, 0) is 32.4 Å². The van der Waals surface area contributed by atoms with Crippen molar-refractivity contribution in [1.82, 2.24) is 20.8 Å². The van der Waals surface area contributed by atoms with Crippen LogP contribution in [0.4, 0.5) is 15.6 Å². The van der Waals surface area contributed by atoms with Crippen molar-refractivity contribution in [3.8, 4) is 0 Å². The number of rotatable bonds is 6. The Morgan fingerprint density at radius 3 is 2.71 bits per heavy atom. The number of thioether (sulfide) groups is 1. The van der Waals surface area contributed by atoms with Gasteiger partial charge in [-0.2, -0.15) is 0 Å². The third kappa shape index (κ3) is 5.82. The van der Waals surface area contributed by atoms with E-state index in [0.29, 0.717) is 9.47 Å². The number of para-hydroxylation sites is 1. The molecule has 1 heterocycles. The van der Waals surface area contributed by atoms with E-state index in [1.165, 1.54) is 23.1 Å². The van der Waals surface area contributed by atoms with Crippen LogP contribution in [0.25, 0.3) is 0 Å². The van der Waals surface area contributed by atoms with Gasteiger partial charge in [0.25, 0.3) is 0 Å². The highest BCUT2D eigenvalue weighted by Crippen LogP contribution is 2.28. The summed E-state index contributed by atoms with van der Waals surface area (Å²) in [6, 6.07) is 7.36. The molecule has 2 rings (SSSR count). The molecular formula is C15H19N5O2S2. The summed E-state index contributed by atoms with van der Waals surface area (Å²) >= 11 is 2.59. The Bertz CT molecular complexity index is 717. The number of carbonyl (C=O) groups is 2. The van der Waals surface area contributed by atoms with Crippen LogP contribution >= 0.6 is 23.1 Å². The molecule has 0 fully saturated rings. The molecule has 1 aromatic carbocycles. The van der Waals surface area contributed by atoms with E-state index in [1.54, 1.807) is 0 Å². The van der Waals surface area contributed by atoms with E-state index in [-0.39, 0.29) is 17.7 Å². The number of hydrogen-bond acceptors (Lipinski definition) is 7. The predicted octanol–water partition coefficient (Wildman–Crippen LogP) is 2.92. The van der Waals surface area contributed by atoms with Crippen LogP contribution in [0.1, 0.15) is 19.4 Å². The molecule has 0 spiro atoms. The summed E-state index contributed by atoms with van der Waals surface area (Å²) in [6.45, 7) is 5.65. The Morgan fingerprint density at radius 2 is 2.00 bits per heavy atom. The number of amides is 3. The number of anilines is 2. The van der Waals surface area contributed by atoms with Gasteiger partial charge in [-0.25, -0.2) is 4.79 Å². The van der Waals surface area contributed by atoms with Crippen molar-refractivity contribution in [2.75, 3.05) is 11.1 Å². The lowest BCUT2D eigenvalue weighted by molar-refractivity contribution is -0.117. The average molecular weight is 365 g/mol. The SMILES string of the molecule is Cc1ccccc1Nc1nnc(SCC(=O)NC(=O)NC(C)C)s1. The molecule has 2 aromatic rings. The molecule has 0 aliphatic rings. The lowest BCUT2D eigenvalue weighted by Gasteiger charge is -2.08. The zero-order valence-corrected chi connectivity index (χ0v) is 15.3. The van der Waals surface area contributed by atoms with Crippen LogP contribution in [-0.4, -0.2) is 33.9 Å². The van der Waals surface area contributed by atoms with Crippen molar-refractivity contribution in [3.05, 3.63) is 29.8 Å². The van der Waals surface area contributed by atoms with E-state index in [4.69, 9.17) is 0 Å². The largest absolute Gasteiger partial charge is 0.336 e. The van der Waals surface area contributed by atoms with Gasteiger partial charge in [0.15, 0.2) is 4.34 Å². The molecule has 0 radical (unpaired) electrons. The Kier molecular flexibility index (Phi) is 6.56. The van der Waals surface area contributed by atoms with Crippen LogP contribution in [0.15, 0.2) is 28.6 Å². The first-order valence-corrected chi connectivity index (χ1v) is 9.13. The Balaban J connectivity index is 1.82. The third-order valence-corrected chi connectivity index (χ3v) is 4.76. The van der Waals surface area contributed by atoms with Gasteiger partial charge >= 0.3 is 6.03 Å². The number of nitrogens with zero attached hydrogens (tertiary/aromatic N) is 2. The molecule has 3 amide bonds. The monoisotopic (exact) mass is 365 g/mol. The molecule has 7 nitrogen and oxygen atoms in total. The van der Waals surface area contributed by atoms with Crippen molar-refractivity contribution in [2.24, 2.45) is 0 Å². The van der Waals surface area contributed by atoms with Crippen LogP contribution in [0.3, 0.4) is 0 Å². The zero-order valence-electron chi connectivity index (χ0n) is 13.6. The minimum absolute atomic E-state index is 0.0244. The summed E-state index contributed by atoms with van der Waals surface area (Å²) in [5, 5.41) is 16.8. The van der Waals surface area contributed by atoms with Gasteiger partial charge in [-0.1, -0.05) is 41.3 Å². The summed E-state index contributed by atoms with van der Waals surface area (Å²) in [5.74, 6) is -0.272. The Labute approximate surface area is 148 Å². The predicted molar refractivity (Wildman–Crippen MR) is 96.9 cm³/mol. The average Bonchev–Trinajstić information content (AvgIpc) is 2.94. The Morgan fingerprint density at radius 1 is 1.25 bits per heavy atom. The van der Waals surface area contributed by atoms with Crippen molar-refractivity contribution in [3.63, 3.8) is 0 Å². The number of aromatic nitrogens is 2. The van der Waals surface area contributed by atoms with Gasteiger partial charge < -0.3 is 10.6 Å². The molecule has 0 atom stereocenters. The molecule has 0 saturated carbocycles. The van der Waals surface area contributed by atoms with Gasteiger partial charge in [0.2, 0.25) is 11.0 Å². The lowest BCUT2D eigenvalue weighted by atomic mass is 10.2. The van der Waals surface area contributed by atoms with Gasteiger partial charge in [-0.15, -0.1) is 10.2 Å². The summed E-state index contributed by atoms with van der Waals surface area (Å²) in [7, 11) is 0. The normalized spacial score (nSPS) is 10.5. The maximum absolute atomic E-state index is 11.7. The maximum Gasteiger partial charge on any atom is 0.321 e. The molecule has 24 heavy (non-hydrogen) atoms. The standard InChI is InChI=1S/C15H19N5O2S2/c1-9(2)16-13(22)18-12(21)8-23-15-20-19-14(24-15)17-11-7-5-4-6-10(11)3/h4-7,9H,8H2,1-3H3,(H,17,19)(H2,16,18,21,22). The van der Waals surface area contributed by atoms with Gasteiger partial charge in [-0.3, -0.25) is 10.1 Å². The number of nitrogens with one attached hydrogen (secondary N) is 3. The topological polar surface area (TPSA) is 96.0 Å². The summed E-state index contributed by atoms with van der Waals surface area (Å²) < 4.78 is 0.658. The smallest absolute Gasteiger partial charge is 0.321 e. The lowest BCUT2D eigenvalue weighted by Crippen LogP contribution is -2.43. The molecule has 0 saturated heterocycles. The van der Waals surface area contributed by atoms with Gasteiger partial charge in [0.05, 0.1) is 5.75 Å².